The molecule has 5 nitrogen and oxygen atoms in total. The van der Waals surface area contributed by atoms with E-state index in [0.717, 1.165) is 0 Å². The van der Waals surface area contributed by atoms with Crippen LogP contribution in [0.3, 0.4) is 0 Å². The van der Waals surface area contributed by atoms with Crippen molar-refractivity contribution in [2.75, 3.05) is 6.54 Å². The third-order valence-electron chi connectivity index (χ3n) is 4.07. The number of carbonyl (C=O) groups is 1. The lowest BCUT2D eigenvalue weighted by molar-refractivity contribution is 0.0949. The van der Waals surface area contributed by atoms with Crippen molar-refractivity contribution in [2.24, 2.45) is 0 Å². The normalized spacial score (nSPS) is 12.3. The fourth-order valence-corrected chi connectivity index (χ4v) is 4.34. The molecule has 0 fully saturated rings. The van der Waals surface area contributed by atoms with E-state index < -0.39 is 26.8 Å². The third kappa shape index (κ3) is 4.20. The smallest absolute Gasteiger partial charge is 0.254 e. The van der Waals surface area contributed by atoms with Crippen LogP contribution in [0.1, 0.15) is 21.2 Å². The fraction of sp³-hybridized carbons (Fsp3) is 0.100. The number of hydrogen-bond acceptors (Lipinski definition) is 4. The zero-order chi connectivity index (χ0) is 19.3. The van der Waals surface area contributed by atoms with Crippen molar-refractivity contribution in [2.45, 2.75) is 10.1 Å². The molecule has 0 aliphatic heterocycles. The molecule has 27 heavy (non-hydrogen) atoms. The van der Waals surface area contributed by atoms with E-state index in [4.69, 9.17) is 0 Å². The van der Waals surface area contributed by atoms with Crippen molar-refractivity contribution in [3.05, 3.63) is 96.1 Å². The Morgan fingerprint density at radius 3 is 2.37 bits per heavy atom. The van der Waals surface area contributed by atoms with Crippen LogP contribution in [0.15, 0.2) is 84.0 Å². The number of carbonyl (C=O) groups excluding carboxylic acids is 1. The number of rotatable bonds is 6. The fourth-order valence-electron chi connectivity index (χ4n) is 2.67. The minimum atomic E-state index is -3.79. The van der Waals surface area contributed by atoms with Crippen molar-refractivity contribution in [1.29, 1.82) is 0 Å². The third-order valence-corrected chi connectivity index (χ3v) is 6.19. The van der Waals surface area contributed by atoms with E-state index in [1.165, 1.54) is 48.8 Å². The van der Waals surface area contributed by atoms with Gasteiger partial charge in [-0.2, -0.15) is 0 Å². The number of nitrogens with zero attached hydrogens (tertiary/aromatic N) is 1. The number of hydrogen-bond donors (Lipinski definition) is 1. The second-order valence-corrected chi connectivity index (χ2v) is 7.95. The van der Waals surface area contributed by atoms with Gasteiger partial charge in [-0.25, -0.2) is 12.8 Å². The lowest BCUT2D eigenvalue weighted by atomic mass is 10.2. The Morgan fingerprint density at radius 1 is 1.00 bits per heavy atom. The first kappa shape index (κ1) is 18.7. The summed E-state index contributed by atoms with van der Waals surface area (Å²) < 4.78 is 40.0. The van der Waals surface area contributed by atoms with Crippen LogP contribution in [0.2, 0.25) is 0 Å². The molecule has 3 rings (SSSR count). The Bertz CT molecular complexity index is 1030. The van der Waals surface area contributed by atoms with Crippen LogP contribution >= 0.6 is 0 Å². The topological polar surface area (TPSA) is 76.1 Å². The first-order chi connectivity index (χ1) is 13.0. The van der Waals surface area contributed by atoms with E-state index in [1.807, 2.05) is 0 Å². The Morgan fingerprint density at radius 2 is 1.70 bits per heavy atom. The van der Waals surface area contributed by atoms with Gasteiger partial charge in [0.2, 0.25) is 0 Å². The molecule has 0 saturated carbocycles. The highest BCUT2D eigenvalue weighted by molar-refractivity contribution is 7.91. The van der Waals surface area contributed by atoms with Crippen molar-refractivity contribution in [1.82, 2.24) is 10.3 Å². The van der Waals surface area contributed by atoms with Gasteiger partial charge >= 0.3 is 0 Å². The molecule has 0 aliphatic carbocycles. The summed E-state index contributed by atoms with van der Waals surface area (Å²) in [6.45, 7) is -0.212. The molecule has 7 heteroatoms. The minimum Gasteiger partial charge on any atom is -0.350 e. The highest BCUT2D eigenvalue weighted by Gasteiger charge is 2.30. The van der Waals surface area contributed by atoms with E-state index in [0.29, 0.717) is 5.56 Å². The molecule has 1 N–H and O–H groups in total. The number of pyridine rings is 1. The minimum absolute atomic E-state index is 0.138. The van der Waals surface area contributed by atoms with E-state index in [9.17, 15) is 17.6 Å². The predicted molar refractivity (Wildman–Crippen MR) is 99.3 cm³/mol. The predicted octanol–water partition coefficient (Wildman–Crippen LogP) is 3.17. The van der Waals surface area contributed by atoms with E-state index in [1.54, 1.807) is 30.3 Å². The summed E-state index contributed by atoms with van der Waals surface area (Å²) in [5, 5.41) is 1.48. The highest BCUT2D eigenvalue weighted by atomic mass is 32.2. The van der Waals surface area contributed by atoms with Crippen LogP contribution in [-0.4, -0.2) is 25.9 Å². The monoisotopic (exact) mass is 384 g/mol. The van der Waals surface area contributed by atoms with Gasteiger partial charge in [0, 0.05) is 18.9 Å². The summed E-state index contributed by atoms with van der Waals surface area (Å²) in [5.41, 5.74) is 0.301. The number of amides is 1. The molecule has 138 valence electrons. The second kappa shape index (κ2) is 8.09. The van der Waals surface area contributed by atoms with Crippen molar-refractivity contribution >= 4 is 15.7 Å². The number of halogens is 1. The number of benzene rings is 2. The van der Waals surface area contributed by atoms with Crippen LogP contribution in [0, 0.1) is 5.82 Å². The summed E-state index contributed by atoms with van der Waals surface area (Å²) in [6, 6.07) is 16.8. The number of nitrogens with one attached hydrogen (secondary N) is 1. The second-order valence-electron chi connectivity index (χ2n) is 5.82. The van der Waals surface area contributed by atoms with Gasteiger partial charge in [0.1, 0.15) is 11.1 Å². The average molecular weight is 384 g/mol. The van der Waals surface area contributed by atoms with Gasteiger partial charge in [0.15, 0.2) is 9.84 Å². The molecular weight excluding hydrogens is 367 g/mol. The van der Waals surface area contributed by atoms with Crippen molar-refractivity contribution in [3.8, 4) is 0 Å². The number of aromatic nitrogens is 1. The van der Waals surface area contributed by atoms with Gasteiger partial charge in [-0.15, -0.1) is 0 Å². The molecular formula is C20H17FN2O3S. The van der Waals surface area contributed by atoms with Crippen LogP contribution in [0.4, 0.5) is 4.39 Å². The first-order valence-corrected chi connectivity index (χ1v) is 9.76. The molecule has 0 saturated heterocycles. The van der Waals surface area contributed by atoms with Gasteiger partial charge in [0.05, 0.1) is 10.5 Å². The van der Waals surface area contributed by atoms with Crippen LogP contribution in [0.25, 0.3) is 0 Å². The van der Waals surface area contributed by atoms with Crippen LogP contribution in [-0.2, 0) is 9.84 Å². The van der Waals surface area contributed by atoms with Gasteiger partial charge < -0.3 is 5.32 Å². The highest BCUT2D eigenvalue weighted by Crippen LogP contribution is 2.28. The molecule has 0 radical (unpaired) electrons. The van der Waals surface area contributed by atoms with Gasteiger partial charge in [0.25, 0.3) is 5.91 Å². The molecule has 0 aliphatic rings. The van der Waals surface area contributed by atoms with Crippen molar-refractivity contribution < 1.29 is 17.6 Å². The summed E-state index contributed by atoms with van der Waals surface area (Å²) in [7, 11) is -3.79. The quantitative estimate of drug-likeness (QED) is 0.708. The lowest BCUT2D eigenvalue weighted by Crippen LogP contribution is -2.32. The van der Waals surface area contributed by atoms with E-state index >= 15 is 0 Å². The molecule has 1 heterocycles. The molecule has 1 amide bonds. The Kier molecular flexibility index (Phi) is 5.61. The van der Waals surface area contributed by atoms with Crippen LogP contribution < -0.4 is 5.32 Å². The Labute approximate surface area is 156 Å². The molecule has 1 aromatic heterocycles. The van der Waals surface area contributed by atoms with Crippen molar-refractivity contribution in [3.63, 3.8) is 0 Å². The maximum absolute atomic E-state index is 13.8. The lowest BCUT2D eigenvalue weighted by Gasteiger charge is -2.19. The van der Waals surface area contributed by atoms with Gasteiger partial charge in [-0.05, 0) is 35.9 Å². The summed E-state index contributed by atoms with van der Waals surface area (Å²) >= 11 is 0. The maximum atomic E-state index is 13.8. The molecule has 0 bridgehead atoms. The summed E-state index contributed by atoms with van der Waals surface area (Å²) in [6.07, 6.45) is 2.98. The van der Waals surface area contributed by atoms with E-state index in [-0.39, 0.29) is 17.0 Å². The molecule has 3 aromatic rings. The average Bonchev–Trinajstić information content (AvgIpc) is 2.69. The number of sulfone groups is 1. The molecule has 1 atom stereocenters. The molecule has 0 unspecified atom stereocenters. The SMILES string of the molecule is O=C(NC[C@@H](c1cccnc1)S(=O)(=O)c1ccccc1)c1ccccc1F. The zero-order valence-electron chi connectivity index (χ0n) is 14.2. The standard InChI is InChI=1S/C20H17FN2O3S/c21-18-11-5-4-10-17(18)20(24)23-14-19(15-7-6-12-22-13-15)27(25,26)16-8-2-1-3-9-16/h1-13,19H,14H2,(H,23,24)/t19-/m0/s1. The van der Waals surface area contributed by atoms with Gasteiger partial charge in [-0.3, -0.25) is 9.78 Å². The van der Waals surface area contributed by atoms with E-state index in [2.05, 4.69) is 10.3 Å². The summed E-state index contributed by atoms with van der Waals surface area (Å²) in [5.74, 6) is -1.34. The molecule has 2 aromatic carbocycles. The Hall–Kier alpha value is -3.06. The largest absolute Gasteiger partial charge is 0.350 e. The van der Waals surface area contributed by atoms with Gasteiger partial charge in [-0.1, -0.05) is 36.4 Å². The molecule has 0 spiro atoms. The Balaban J connectivity index is 1.90. The zero-order valence-corrected chi connectivity index (χ0v) is 15.1. The summed E-state index contributed by atoms with van der Waals surface area (Å²) in [4.78, 5) is 16.4. The van der Waals surface area contributed by atoms with Crippen LogP contribution in [0.5, 0.6) is 0 Å². The first-order valence-electron chi connectivity index (χ1n) is 8.22. The maximum Gasteiger partial charge on any atom is 0.254 e.